The lowest BCUT2D eigenvalue weighted by atomic mass is 10.0. The van der Waals surface area contributed by atoms with Gasteiger partial charge >= 0.3 is 0 Å². The number of aryl methyl sites for hydroxylation is 2. The fourth-order valence-electron chi connectivity index (χ4n) is 3.37. The summed E-state index contributed by atoms with van der Waals surface area (Å²) >= 11 is 1.54. The van der Waals surface area contributed by atoms with Gasteiger partial charge in [0.25, 0.3) is 0 Å². The maximum atomic E-state index is 13.0. The molecule has 0 bridgehead atoms. The van der Waals surface area contributed by atoms with E-state index in [4.69, 9.17) is 0 Å². The number of benzene rings is 1. The summed E-state index contributed by atoms with van der Waals surface area (Å²) in [7, 11) is 0. The molecule has 2 heterocycles. The number of rotatable bonds is 3. The van der Waals surface area contributed by atoms with Crippen LogP contribution in [0.15, 0.2) is 24.3 Å². The quantitative estimate of drug-likeness (QED) is 0.916. The molecule has 2 amide bonds. The molecule has 1 aliphatic carbocycles. The van der Waals surface area contributed by atoms with Gasteiger partial charge in [-0.3, -0.25) is 9.59 Å². The van der Waals surface area contributed by atoms with E-state index in [2.05, 4.69) is 10.3 Å². The minimum atomic E-state index is -0.418. The van der Waals surface area contributed by atoms with Gasteiger partial charge in [-0.15, -0.1) is 11.3 Å². The first-order chi connectivity index (χ1) is 12.1. The maximum Gasteiger partial charge on any atom is 0.231 e. The molecule has 4 rings (SSSR count). The van der Waals surface area contributed by atoms with Crippen molar-refractivity contribution in [2.45, 2.75) is 32.1 Å². The summed E-state index contributed by atoms with van der Waals surface area (Å²) in [5, 5.41) is 3.50. The Hall–Kier alpha value is -2.28. The fraction of sp³-hybridized carbons (Fsp3) is 0.389. The van der Waals surface area contributed by atoms with Gasteiger partial charge in [0.05, 0.1) is 11.6 Å². The Kier molecular flexibility index (Phi) is 4.25. The Morgan fingerprint density at radius 1 is 1.24 bits per heavy atom. The van der Waals surface area contributed by atoms with E-state index in [9.17, 15) is 14.0 Å². The van der Waals surface area contributed by atoms with Crippen LogP contribution < -0.4 is 10.2 Å². The van der Waals surface area contributed by atoms with Gasteiger partial charge in [-0.1, -0.05) is 0 Å². The van der Waals surface area contributed by atoms with Crippen LogP contribution in [-0.2, 0) is 22.4 Å². The number of hydrogen-bond acceptors (Lipinski definition) is 4. The lowest BCUT2D eigenvalue weighted by Crippen LogP contribution is -2.28. The van der Waals surface area contributed by atoms with Crippen LogP contribution in [0.1, 0.15) is 29.8 Å². The molecule has 5 nitrogen and oxygen atoms in total. The summed E-state index contributed by atoms with van der Waals surface area (Å²) in [4.78, 5) is 32.1. The van der Waals surface area contributed by atoms with E-state index in [1.54, 1.807) is 12.1 Å². The molecule has 1 aromatic carbocycles. The molecule has 0 radical (unpaired) electrons. The van der Waals surface area contributed by atoms with Crippen LogP contribution in [-0.4, -0.2) is 23.3 Å². The van der Waals surface area contributed by atoms with Crippen LogP contribution in [0.2, 0.25) is 0 Å². The predicted octanol–water partition coefficient (Wildman–Crippen LogP) is 3.15. The number of amides is 2. The number of nitrogens with zero attached hydrogens (tertiary/aromatic N) is 2. The molecule has 1 saturated heterocycles. The highest BCUT2D eigenvalue weighted by Crippen LogP contribution is 2.31. The maximum absolute atomic E-state index is 13.0. The Bertz CT molecular complexity index is 795. The lowest BCUT2D eigenvalue weighted by molar-refractivity contribution is -0.122. The standard InChI is InChI=1S/C18H18FN3O2S/c19-12-5-7-13(8-6-12)22-10-11(9-16(22)23)17(24)21-18-20-14-3-1-2-4-15(14)25-18/h5-8,11H,1-4,9-10H2,(H,20,21,24). The molecule has 1 fully saturated rings. The molecule has 130 valence electrons. The lowest BCUT2D eigenvalue weighted by Gasteiger charge is -2.16. The van der Waals surface area contributed by atoms with Crippen LogP contribution in [0.5, 0.6) is 0 Å². The van der Waals surface area contributed by atoms with Gasteiger partial charge in [0, 0.05) is 23.5 Å². The van der Waals surface area contributed by atoms with Crippen molar-refractivity contribution in [1.82, 2.24) is 4.98 Å². The van der Waals surface area contributed by atoms with Crippen LogP contribution in [0.3, 0.4) is 0 Å². The number of carbonyl (C=O) groups is 2. The Balaban J connectivity index is 1.43. The van der Waals surface area contributed by atoms with Crippen LogP contribution in [0.25, 0.3) is 0 Å². The van der Waals surface area contributed by atoms with E-state index in [-0.39, 0.29) is 24.1 Å². The summed E-state index contributed by atoms with van der Waals surface area (Å²) in [5.41, 5.74) is 1.72. The topological polar surface area (TPSA) is 62.3 Å². The molecular formula is C18H18FN3O2S. The van der Waals surface area contributed by atoms with E-state index in [0.717, 1.165) is 25.0 Å². The van der Waals surface area contributed by atoms with Crippen LogP contribution >= 0.6 is 11.3 Å². The molecule has 25 heavy (non-hydrogen) atoms. The van der Waals surface area contributed by atoms with E-state index >= 15 is 0 Å². The van der Waals surface area contributed by atoms with Crippen molar-refractivity contribution in [3.63, 3.8) is 0 Å². The third-order valence-corrected chi connectivity index (χ3v) is 5.78. The number of aromatic nitrogens is 1. The molecule has 2 aromatic rings. The highest BCUT2D eigenvalue weighted by Gasteiger charge is 2.35. The minimum absolute atomic E-state index is 0.120. The van der Waals surface area contributed by atoms with Gasteiger partial charge in [-0.2, -0.15) is 0 Å². The molecule has 1 unspecified atom stereocenters. The highest BCUT2D eigenvalue weighted by molar-refractivity contribution is 7.15. The highest BCUT2D eigenvalue weighted by atomic mass is 32.1. The van der Waals surface area contributed by atoms with E-state index < -0.39 is 5.92 Å². The Labute approximate surface area is 148 Å². The van der Waals surface area contributed by atoms with Crippen molar-refractivity contribution in [2.75, 3.05) is 16.8 Å². The summed E-state index contributed by atoms with van der Waals surface area (Å²) in [6, 6.07) is 5.75. The second-order valence-corrected chi connectivity index (χ2v) is 7.55. The third-order valence-electron chi connectivity index (χ3n) is 4.71. The van der Waals surface area contributed by atoms with Crippen molar-refractivity contribution in [3.8, 4) is 0 Å². The summed E-state index contributed by atoms with van der Waals surface area (Å²) in [6.07, 6.45) is 4.49. The summed E-state index contributed by atoms with van der Waals surface area (Å²) < 4.78 is 13.0. The molecule has 2 aliphatic rings. The number of nitrogens with one attached hydrogen (secondary N) is 1. The summed E-state index contributed by atoms with van der Waals surface area (Å²) in [5.74, 6) is -1.06. The number of thiazole rings is 1. The molecule has 1 aliphatic heterocycles. The number of carbonyl (C=O) groups excluding carboxylic acids is 2. The first-order valence-corrected chi connectivity index (χ1v) is 9.27. The zero-order valence-electron chi connectivity index (χ0n) is 13.6. The van der Waals surface area contributed by atoms with Gasteiger partial charge in [0.15, 0.2) is 5.13 Å². The summed E-state index contributed by atoms with van der Waals surface area (Å²) in [6.45, 7) is 0.307. The van der Waals surface area contributed by atoms with Crippen LogP contribution in [0.4, 0.5) is 15.2 Å². The average molecular weight is 359 g/mol. The normalized spacial score (nSPS) is 19.8. The number of anilines is 2. The molecule has 7 heteroatoms. The van der Waals surface area contributed by atoms with Crippen molar-refractivity contribution in [3.05, 3.63) is 40.7 Å². The predicted molar refractivity (Wildman–Crippen MR) is 94.2 cm³/mol. The molecule has 1 N–H and O–H groups in total. The van der Waals surface area contributed by atoms with Crippen molar-refractivity contribution in [1.29, 1.82) is 0 Å². The van der Waals surface area contributed by atoms with Gasteiger partial charge in [-0.05, 0) is 49.9 Å². The van der Waals surface area contributed by atoms with Gasteiger partial charge in [-0.25, -0.2) is 9.37 Å². The van der Waals surface area contributed by atoms with Gasteiger partial charge in [0.2, 0.25) is 11.8 Å². The molecule has 1 atom stereocenters. The smallest absolute Gasteiger partial charge is 0.231 e. The van der Waals surface area contributed by atoms with E-state index in [0.29, 0.717) is 17.4 Å². The van der Waals surface area contributed by atoms with Gasteiger partial charge in [0.1, 0.15) is 5.82 Å². The zero-order chi connectivity index (χ0) is 17.4. The Morgan fingerprint density at radius 3 is 2.76 bits per heavy atom. The minimum Gasteiger partial charge on any atom is -0.312 e. The van der Waals surface area contributed by atoms with Crippen molar-refractivity contribution >= 4 is 34.0 Å². The third kappa shape index (κ3) is 3.28. The number of halogens is 1. The monoisotopic (exact) mass is 359 g/mol. The van der Waals surface area contributed by atoms with E-state index in [1.807, 2.05) is 0 Å². The molecular weight excluding hydrogens is 341 g/mol. The molecule has 0 saturated carbocycles. The average Bonchev–Trinajstić information content (AvgIpc) is 3.18. The zero-order valence-corrected chi connectivity index (χ0v) is 14.4. The number of hydrogen-bond donors (Lipinski definition) is 1. The SMILES string of the molecule is O=C(Nc1nc2c(s1)CCCC2)C1CC(=O)N(c2ccc(F)cc2)C1. The largest absolute Gasteiger partial charge is 0.312 e. The first kappa shape index (κ1) is 16.2. The van der Waals surface area contributed by atoms with Crippen molar-refractivity contribution in [2.24, 2.45) is 5.92 Å². The molecule has 1 aromatic heterocycles. The first-order valence-electron chi connectivity index (χ1n) is 8.45. The Morgan fingerprint density at radius 2 is 2.00 bits per heavy atom. The van der Waals surface area contributed by atoms with Crippen molar-refractivity contribution < 1.29 is 14.0 Å². The second kappa shape index (κ2) is 6.55. The number of fused-ring (bicyclic) bond motifs is 1. The van der Waals surface area contributed by atoms with E-state index in [1.165, 1.54) is 39.7 Å². The molecule has 0 spiro atoms. The van der Waals surface area contributed by atoms with Gasteiger partial charge < -0.3 is 10.2 Å². The fourth-order valence-corrected chi connectivity index (χ4v) is 4.42. The second-order valence-electron chi connectivity index (χ2n) is 6.47. The van der Waals surface area contributed by atoms with Crippen LogP contribution in [0, 0.1) is 11.7 Å².